The molecule has 0 aliphatic rings. The van der Waals surface area contributed by atoms with E-state index in [1.807, 2.05) is 43.7 Å². The number of nitrogens with two attached hydrogens (primary N) is 1. The minimum absolute atomic E-state index is 0.00136. The zero-order valence-electron chi connectivity index (χ0n) is 10.4. The monoisotopic (exact) mass is 234 g/mol. The van der Waals surface area contributed by atoms with Gasteiger partial charge in [-0.3, -0.25) is 0 Å². The van der Waals surface area contributed by atoms with Crippen molar-refractivity contribution in [1.29, 1.82) is 0 Å². The van der Waals surface area contributed by atoms with Crippen molar-refractivity contribution in [3.05, 3.63) is 35.7 Å². The number of hydrogen-bond donors (Lipinski definition) is 1. The lowest BCUT2D eigenvalue weighted by Gasteiger charge is -2.09. The summed E-state index contributed by atoms with van der Waals surface area (Å²) in [7, 11) is 0. The minimum atomic E-state index is 0.00136. The van der Waals surface area contributed by atoms with Gasteiger partial charge >= 0.3 is 0 Å². The highest BCUT2D eigenvalue weighted by molar-refractivity contribution is 5.12. The van der Waals surface area contributed by atoms with Crippen molar-refractivity contribution in [2.75, 3.05) is 0 Å². The molecule has 2 aromatic heterocycles. The van der Waals surface area contributed by atoms with Gasteiger partial charge in [0.1, 0.15) is 0 Å². The Hall–Kier alpha value is -1.62. The maximum atomic E-state index is 5.88. The van der Waals surface area contributed by atoms with Gasteiger partial charge in [0.15, 0.2) is 5.82 Å². The van der Waals surface area contributed by atoms with E-state index in [0.717, 1.165) is 5.69 Å². The quantitative estimate of drug-likeness (QED) is 0.879. The number of aromatic nitrogens is 3. The first-order chi connectivity index (χ1) is 8.08. The van der Waals surface area contributed by atoms with Crippen LogP contribution in [0.3, 0.4) is 0 Å². The summed E-state index contributed by atoms with van der Waals surface area (Å²) in [5.74, 6) is 1.62. The largest absolute Gasteiger partial charge is 0.342 e. The van der Waals surface area contributed by atoms with E-state index in [1.165, 1.54) is 0 Å². The molecular formula is C12H18N4O. The van der Waals surface area contributed by atoms with Crippen LogP contribution in [0.15, 0.2) is 22.9 Å². The van der Waals surface area contributed by atoms with Gasteiger partial charge in [0.05, 0.1) is 6.54 Å². The molecular weight excluding hydrogens is 216 g/mol. The van der Waals surface area contributed by atoms with E-state index >= 15 is 0 Å². The summed E-state index contributed by atoms with van der Waals surface area (Å²) in [6, 6.07) is 3.98. The number of rotatable bonds is 4. The summed E-state index contributed by atoms with van der Waals surface area (Å²) in [6.45, 7) is 6.61. The Labute approximate surface area is 101 Å². The Balaban J connectivity index is 2.17. The highest BCUT2D eigenvalue weighted by atomic mass is 16.5. The van der Waals surface area contributed by atoms with Gasteiger partial charge in [0.25, 0.3) is 0 Å². The fraction of sp³-hybridized carbons (Fsp3) is 0.500. The van der Waals surface area contributed by atoms with Crippen LogP contribution in [0.4, 0.5) is 0 Å². The first-order valence-corrected chi connectivity index (χ1v) is 5.81. The Morgan fingerprint density at radius 2 is 2.18 bits per heavy atom. The van der Waals surface area contributed by atoms with Gasteiger partial charge in [-0.15, -0.1) is 0 Å². The average molecular weight is 234 g/mol. The predicted molar refractivity (Wildman–Crippen MR) is 64.5 cm³/mol. The maximum Gasteiger partial charge on any atom is 0.229 e. The third-order valence-corrected chi connectivity index (χ3v) is 2.62. The fourth-order valence-electron chi connectivity index (χ4n) is 1.70. The standard InChI is InChI=1S/C12H18N4O/c1-8(2)12-14-11(15-17-12)7-16-6-4-5-10(16)9(3)13/h4-6,8-9H,7,13H2,1-3H3. The predicted octanol–water partition coefficient (Wildman–Crippen LogP) is 2.06. The second kappa shape index (κ2) is 4.71. The van der Waals surface area contributed by atoms with Gasteiger partial charge in [0, 0.05) is 23.9 Å². The molecule has 0 aliphatic heterocycles. The maximum absolute atomic E-state index is 5.88. The van der Waals surface area contributed by atoms with Crippen LogP contribution in [0.25, 0.3) is 0 Å². The molecule has 5 heteroatoms. The van der Waals surface area contributed by atoms with E-state index in [-0.39, 0.29) is 12.0 Å². The van der Waals surface area contributed by atoms with Crippen LogP contribution >= 0.6 is 0 Å². The van der Waals surface area contributed by atoms with E-state index in [2.05, 4.69) is 10.1 Å². The lowest BCUT2D eigenvalue weighted by molar-refractivity contribution is 0.359. The second-order valence-electron chi connectivity index (χ2n) is 4.55. The third-order valence-electron chi connectivity index (χ3n) is 2.62. The van der Waals surface area contributed by atoms with Gasteiger partial charge in [-0.2, -0.15) is 4.98 Å². The van der Waals surface area contributed by atoms with E-state index in [1.54, 1.807) is 0 Å². The smallest absolute Gasteiger partial charge is 0.229 e. The molecule has 0 saturated carbocycles. The average Bonchev–Trinajstić information content (AvgIpc) is 2.86. The normalized spacial score (nSPS) is 13.2. The van der Waals surface area contributed by atoms with Crippen LogP contribution in [0.5, 0.6) is 0 Å². The molecule has 2 N–H and O–H groups in total. The van der Waals surface area contributed by atoms with E-state index < -0.39 is 0 Å². The van der Waals surface area contributed by atoms with Crippen molar-refractivity contribution < 1.29 is 4.52 Å². The SMILES string of the molecule is CC(C)c1nc(Cn2cccc2C(C)N)no1. The topological polar surface area (TPSA) is 69.9 Å². The molecule has 0 fully saturated rings. The van der Waals surface area contributed by atoms with Crippen molar-refractivity contribution in [3.8, 4) is 0 Å². The second-order valence-corrected chi connectivity index (χ2v) is 4.55. The Morgan fingerprint density at radius 1 is 1.41 bits per heavy atom. The zero-order valence-corrected chi connectivity index (χ0v) is 10.4. The summed E-state index contributed by atoms with van der Waals surface area (Å²) >= 11 is 0. The van der Waals surface area contributed by atoms with Crippen molar-refractivity contribution >= 4 is 0 Å². The number of hydrogen-bond acceptors (Lipinski definition) is 4. The third kappa shape index (κ3) is 2.55. The summed E-state index contributed by atoms with van der Waals surface area (Å²) in [4.78, 5) is 4.35. The molecule has 0 aliphatic carbocycles. The van der Waals surface area contributed by atoms with E-state index in [0.29, 0.717) is 18.3 Å². The van der Waals surface area contributed by atoms with Crippen molar-refractivity contribution in [3.63, 3.8) is 0 Å². The lowest BCUT2D eigenvalue weighted by Crippen LogP contribution is -2.12. The van der Waals surface area contributed by atoms with Crippen LogP contribution < -0.4 is 5.73 Å². The van der Waals surface area contributed by atoms with Gasteiger partial charge in [-0.25, -0.2) is 0 Å². The highest BCUT2D eigenvalue weighted by Crippen LogP contribution is 2.14. The minimum Gasteiger partial charge on any atom is -0.342 e. The van der Waals surface area contributed by atoms with Crippen LogP contribution in [-0.2, 0) is 6.54 Å². The molecule has 5 nitrogen and oxygen atoms in total. The molecule has 1 atom stereocenters. The molecule has 0 saturated heterocycles. The molecule has 17 heavy (non-hydrogen) atoms. The van der Waals surface area contributed by atoms with Crippen molar-refractivity contribution in [2.24, 2.45) is 5.73 Å². The molecule has 92 valence electrons. The van der Waals surface area contributed by atoms with E-state index in [9.17, 15) is 0 Å². The van der Waals surface area contributed by atoms with Crippen molar-refractivity contribution in [2.45, 2.75) is 39.3 Å². The molecule has 0 aromatic carbocycles. The fourth-order valence-corrected chi connectivity index (χ4v) is 1.70. The Bertz CT molecular complexity index is 484. The molecule has 0 bridgehead atoms. The molecule has 0 spiro atoms. The Morgan fingerprint density at radius 3 is 2.76 bits per heavy atom. The van der Waals surface area contributed by atoms with Gasteiger partial charge in [-0.1, -0.05) is 19.0 Å². The van der Waals surface area contributed by atoms with Gasteiger partial charge in [0.2, 0.25) is 5.89 Å². The van der Waals surface area contributed by atoms with E-state index in [4.69, 9.17) is 10.3 Å². The first-order valence-electron chi connectivity index (χ1n) is 5.81. The van der Waals surface area contributed by atoms with Crippen molar-refractivity contribution in [1.82, 2.24) is 14.7 Å². The lowest BCUT2D eigenvalue weighted by atomic mass is 10.2. The molecule has 0 radical (unpaired) electrons. The summed E-state index contributed by atoms with van der Waals surface area (Å²) in [5.41, 5.74) is 6.95. The van der Waals surface area contributed by atoms with Gasteiger partial charge in [-0.05, 0) is 19.1 Å². The Kier molecular flexibility index (Phi) is 3.28. The van der Waals surface area contributed by atoms with Crippen LogP contribution in [-0.4, -0.2) is 14.7 Å². The summed E-state index contributed by atoms with van der Waals surface area (Å²) in [5, 5.41) is 3.96. The molecule has 2 aromatic rings. The molecule has 1 unspecified atom stereocenters. The first kappa shape index (κ1) is 11.9. The molecule has 2 heterocycles. The summed E-state index contributed by atoms with van der Waals surface area (Å²) < 4.78 is 7.21. The molecule has 2 rings (SSSR count). The molecule has 0 amide bonds. The van der Waals surface area contributed by atoms with Gasteiger partial charge < -0.3 is 14.8 Å². The van der Waals surface area contributed by atoms with Crippen LogP contribution in [0.1, 0.15) is 50.1 Å². The highest BCUT2D eigenvalue weighted by Gasteiger charge is 2.12. The number of nitrogens with zero attached hydrogens (tertiary/aromatic N) is 3. The summed E-state index contributed by atoms with van der Waals surface area (Å²) in [6.07, 6.45) is 1.98. The van der Waals surface area contributed by atoms with Crippen LogP contribution in [0, 0.1) is 0 Å². The van der Waals surface area contributed by atoms with Crippen LogP contribution in [0.2, 0.25) is 0 Å². The zero-order chi connectivity index (χ0) is 12.4.